The van der Waals surface area contributed by atoms with Crippen molar-refractivity contribution in [1.82, 2.24) is 0 Å². The topological polar surface area (TPSA) is 46.5 Å². The van der Waals surface area contributed by atoms with Crippen LogP contribution in [0.25, 0.3) is 0 Å². The molecule has 1 aliphatic heterocycles. The SMILES string of the molecule is O=C1CC(c2cc(O)cc(F)c2)Oc2ccccc21. The third kappa shape index (κ3) is 2.17. The summed E-state index contributed by atoms with van der Waals surface area (Å²) in [6.45, 7) is 0. The average Bonchev–Trinajstić information content (AvgIpc) is 2.37. The zero-order valence-electron chi connectivity index (χ0n) is 9.97. The zero-order chi connectivity index (χ0) is 13.4. The van der Waals surface area contributed by atoms with E-state index < -0.39 is 11.9 Å². The largest absolute Gasteiger partial charge is 0.508 e. The summed E-state index contributed by atoms with van der Waals surface area (Å²) >= 11 is 0. The van der Waals surface area contributed by atoms with Crippen LogP contribution in [0.5, 0.6) is 11.5 Å². The molecule has 3 nitrogen and oxygen atoms in total. The number of Topliss-reactive ketones (excluding diaryl/α,β-unsaturated/α-hetero) is 1. The summed E-state index contributed by atoms with van der Waals surface area (Å²) < 4.78 is 19.0. The first kappa shape index (κ1) is 11.7. The summed E-state index contributed by atoms with van der Waals surface area (Å²) in [6.07, 6.45) is -0.427. The Morgan fingerprint density at radius 2 is 2.00 bits per heavy atom. The number of ketones is 1. The van der Waals surface area contributed by atoms with E-state index in [0.29, 0.717) is 16.9 Å². The summed E-state index contributed by atoms with van der Waals surface area (Å²) in [5.74, 6) is -0.280. The van der Waals surface area contributed by atoms with Crippen LogP contribution in [-0.2, 0) is 0 Å². The maximum atomic E-state index is 13.3. The molecule has 1 unspecified atom stereocenters. The molecule has 2 aromatic rings. The quantitative estimate of drug-likeness (QED) is 0.854. The molecule has 4 heteroatoms. The number of hydrogen-bond acceptors (Lipinski definition) is 3. The molecule has 1 aliphatic rings. The molecule has 1 heterocycles. The second-order valence-corrected chi connectivity index (χ2v) is 4.47. The fraction of sp³-hybridized carbons (Fsp3) is 0.133. The van der Waals surface area contributed by atoms with Crippen LogP contribution >= 0.6 is 0 Å². The van der Waals surface area contributed by atoms with Crippen molar-refractivity contribution < 1.29 is 19.0 Å². The van der Waals surface area contributed by atoms with Gasteiger partial charge in [-0.15, -0.1) is 0 Å². The number of rotatable bonds is 1. The number of phenols is 1. The second kappa shape index (κ2) is 4.39. The number of fused-ring (bicyclic) bond motifs is 1. The molecule has 19 heavy (non-hydrogen) atoms. The molecule has 1 N–H and O–H groups in total. The molecule has 2 aromatic carbocycles. The van der Waals surface area contributed by atoms with Gasteiger partial charge in [0, 0.05) is 6.07 Å². The smallest absolute Gasteiger partial charge is 0.170 e. The predicted octanol–water partition coefficient (Wildman–Crippen LogP) is 3.24. The predicted molar refractivity (Wildman–Crippen MR) is 66.8 cm³/mol. The Hall–Kier alpha value is -2.36. The van der Waals surface area contributed by atoms with E-state index in [9.17, 15) is 14.3 Å². The highest BCUT2D eigenvalue weighted by Crippen LogP contribution is 2.35. The molecule has 0 fully saturated rings. The Balaban J connectivity index is 1.99. The number of hydrogen-bond donors (Lipinski definition) is 1. The molecule has 0 saturated heterocycles. The van der Waals surface area contributed by atoms with Crippen LogP contribution in [0, 0.1) is 5.82 Å². The molecular formula is C15H11FO3. The van der Waals surface area contributed by atoms with Crippen molar-refractivity contribution in [2.24, 2.45) is 0 Å². The number of carbonyl (C=O) groups excluding carboxylic acids is 1. The van der Waals surface area contributed by atoms with Crippen molar-refractivity contribution in [3.8, 4) is 11.5 Å². The second-order valence-electron chi connectivity index (χ2n) is 4.47. The number of phenolic OH excluding ortho intramolecular Hbond substituents is 1. The molecule has 0 amide bonds. The fourth-order valence-electron chi connectivity index (χ4n) is 2.24. The van der Waals surface area contributed by atoms with Crippen LogP contribution in [0.4, 0.5) is 4.39 Å². The van der Waals surface area contributed by atoms with Crippen LogP contribution in [-0.4, -0.2) is 10.9 Å². The van der Waals surface area contributed by atoms with Gasteiger partial charge in [-0.05, 0) is 29.8 Å². The van der Waals surface area contributed by atoms with Gasteiger partial charge in [0.05, 0.1) is 12.0 Å². The summed E-state index contributed by atoms with van der Waals surface area (Å²) in [5, 5.41) is 9.41. The van der Waals surface area contributed by atoms with Crippen LogP contribution < -0.4 is 4.74 Å². The molecule has 1 atom stereocenters. The Morgan fingerprint density at radius 3 is 2.79 bits per heavy atom. The van der Waals surface area contributed by atoms with E-state index in [1.165, 1.54) is 12.1 Å². The minimum atomic E-state index is -0.566. The highest BCUT2D eigenvalue weighted by Gasteiger charge is 2.27. The van der Waals surface area contributed by atoms with Gasteiger partial charge in [0.15, 0.2) is 5.78 Å². The first-order valence-electron chi connectivity index (χ1n) is 5.92. The number of benzene rings is 2. The van der Waals surface area contributed by atoms with Crippen molar-refractivity contribution in [2.45, 2.75) is 12.5 Å². The first-order chi connectivity index (χ1) is 9.13. The van der Waals surface area contributed by atoms with E-state index in [1.54, 1.807) is 24.3 Å². The first-order valence-corrected chi connectivity index (χ1v) is 5.92. The number of para-hydroxylation sites is 1. The van der Waals surface area contributed by atoms with Gasteiger partial charge in [0.1, 0.15) is 23.4 Å². The standard InChI is InChI=1S/C15H11FO3/c16-10-5-9(6-11(17)7-10)15-8-13(18)12-3-1-2-4-14(12)19-15/h1-7,15,17H,8H2. The van der Waals surface area contributed by atoms with Crippen molar-refractivity contribution in [1.29, 1.82) is 0 Å². The molecule has 0 saturated carbocycles. The summed E-state index contributed by atoms with van der Waals surface area (Å²) in [6, 6.07) is 10.7. The highest BCUT2D eigenvalue weighted by atomic mass is 19.1. The number of carbonyl (C=O) groups is 1. The Labute approximate surface area is 109 Å². The lowest BCUT2D eigenvalue weighted by atomic mass is 9.96. The van der Waals surface area contributed by atoms with E-state index in [-0.39, 0.29) is 18.0 Å². The van der Waals surface area contributed by atoms with Gasteiger partial charge in [-0.2, -0.15) is 0 Å². The summed E-state index contributed by atoms with van der Waals surface area (Å²) in [4.78, 5) is 12.0. The van der Waals surface area contributed by atoms with Gasteiger partial charge in [-0.1, -0.05) is 12.1 Å². The Morgan fingerprint density at radius 1 is 1.21 bits per heavy atom. The molecule has 0 radical (unpaired) electrons. The third-order valence-corrected chi connectivity index (χ3v) is 3.10. The van der Waals surface area contributed by atoms with E-state index >= 15 is 0 Å². The van der Waals surface area contributed by atoms with Crippen molar-refractivity contribution >= 4 is 5.78 Å². The van der Waals surface area contributed by atoms with Gasteiger partial charge in [0.25, 0.3) is 0 Å². The molecule has 0 aliphatic carbocycles. The molecule has 0 aromatic heterocycles. The number of halogens is 1. The molecule has 0 bridgehead atoms. The van der Waals surface area contributed by atoms with E-state index in [2.05, 4.69) is 0 Å². The van der Waals surface area contributed by atoms with Gasteiger partial charge < -0.3 is 9.84 Å². The van der Waals surface area contributed by atoms with Crippen LogP contribution in [0.2, 0.25) is 0 Å². The monoisotopic (exact) mass is 258 g/mol. The van der Waals surface area contributed by atoms with Gasteiger partial charge >= 0.3 is 0 Å². The Bertz CT molecular complexity index is 631. The van der Waals surface area contributed by atoms with Gasteiger partial charge in [0.2, 0.25) is 0 Å². The van der Waals surface area contributed by atoms with Gasteiger partial charge in [-0.3, -0.25) is 4.79 Å². The van der Waals surface area contributed by atoms with Crippen LogP contribution in [0.3, 0.4) is 0 Å². The summed E-state index contributed by atoms with van der Waals surface area (Å²) in [5.41, 5.74) is 1.000. The average molecular weight is 258 g/mol. The lowest BCUT2D eigenvalue weighted by Gasteiger charge is -2.25. The van der Waals surface area contributed by atoms with Crippen molar-refractivity contribution in [3.63, 3.8) is 0 Å². The molecular weight excluding hydrogens is 247 g/mol. The maximum Gasteiger partial charge on any atom is 0.170 e. The number of aromatic hydroxyl groups is 1. The summed E-state index contributed by atoms with van der Waals surface area (Å²) in [7, 11) is 0. The van der Waals surface area contributed by atoms with E-state index in [4.69, 9.17) is 4.74 Å². The lowest BCUT2D eigenvalue weighted by molar-refractivity contribution is 0.0849. The minimum absolute atomic E-state index is 0.0457. The molecule has 96 valence electrons. The third-order valence-electron chi connectivity index (χ3n) is 3.10. The van der Waals surface area contributed by atoms with Crippen LogP contribution in [0.15, 0.2) is 42.5 Å². The maximum absolute atomic E-state index is 13.3. The molecule has 3 rings (SSSR count). The van der Waals surface area contributed by atoms with E-state index in [0.717, 1.165) is 6.07 Å². The van der Waals surface area contributed by atoms with Crippen LogP contribution in [0.1, 0.15) is 28.4 Å². The minimum Gasteiger partial charge on any atom is -0.508 e. The van der Waals surface area contributed by atoms with E-state index in [1.807, 2.05) is 0 Å². The van der Waals surface area contributed by atoms with Crippen molar-refractivity contribution in [2.75, 3.05) is 0 Å². The molecule has 0 spiro atoms. The Kier molecular flexibility index (Phi) is 2.71. The fourth-order valence-corrected chi connectivity index (χ4v) is 2.24. The lowest BCUT2D eigenvalue weighted by Crippen LogP contribution is -2.20. The normalized spacial score (nSPS) is 17.7. The van der Waals surface area contributed by atoms with Crippen molar-refractivity contribution in [3.05, 3.63) is 59.4 Å². The highest BCUT2D eigenvalue weighted by molar-refractivity contribution is 5.99. The van der Waals surface area contributed by atoms with Gasteiger partial charge in [-0.25, -0.2) is 4.39 Å². The number of ether oxygens (including phenoxy) is 1. The zero-order valence-corrected chi connectivity index (χ0v) is 9.97.